The van der Waals surface area contributed by atoms with Crippen LogP contribution in [0.15, 0.2) is 75.9 Å². The van der Waals surface area contributed by atoms with Crippen molar-refractivity contribution in [1.82, 2.24) is 4.90 Å². The Morgan fingerprint density at radius 3 is 2.53 bits per heavy atom. The van der Waals surface area contributed by atoms with Gasteiger partial charge >= 0.3 is 5.63 Å². The zero-order valence-electron chi connectivity index (χ0n) is 16.5. The first-order chi connectivity index (χ1) is 14.6. The van der Waals surface area contributed by atoms with Crippen LogP contribution >= 0.6 is 11.6 Å². The largest absolute Gasteiger partial charge is 0.478 e. The Bertz CT molecular complexity index is 1280. The van der Waals surface area contributed by atoms with Gasteiger partial charge in [-0.25, -0.2) is 4.79 Å². The van der Waals surface area contributed by atoms with Crippen molar-refractivity contribution in [2.24, 2.45) is 0 Å². The molecule has 3 aromatic carbocycles. The lowest BCUT2D eigenvalue weighted by Gasteiger charge is -2.29. The lowest BCUT2D eigenvalue weighted by Crippen LogP contribution is -2.31. The molecule has 150 valence electrons. The molecule has 0 radical (unpaired) electrons. The van der Waals surface area contributed by atoms with Crippen LogP contribution in [0.5, 0.6) is 5.75 Å². The maximum atomic E-state index is 12.9. The summed E-state index contributed by atoms with van der Waals surface area (Å²) in [6.07, 6.45) is 0. The molecule has 0 bridgehead atoms. The number of hydrogen-bond donors (Lipinski definition) is 0. The summed E-state index contributed by atoms with van der Waals surface area (Å²) in [5, 5.41) is 1.55. The van der Waals surface area contributed by atoms with Crippen molar-refractivity contribution in [3.63, 3.8) is 0 Å². The molecular formula is C25H20ClNO3. The number of hydrogen-bond acceptors (Lipinski definition) is 4. The fourth-order valence-electron chi connectivity index (χ4n) is 4.06. The average molecular weight is 418 g/mol. The standard InChI is InChI=1S/C25H20ClNO3/c1-16-20-11-12-22-21(14-27(15-29-22)13-17-5-3-2-4-6-17)24(20)30-25(28)23(16)18-7-9-19(26)10-8-18/h2-12H,13-15H2,1H3. The van der Waals surface area contributed by atoms with E-state index in [4.69, 9.17) is 20.8 Å². The van der Waals surface area contributed by atoms with Crippen molar-refractivity contribution >= 4 is 22.6 Å². The smallest absolute Gasteiger partial charge is 0.344 e. The Hall–Kier alpha value is -3.08. The molecule has 0 saturated carbocycles. The second kappa shape index (κ2) is 7.63. The molecule has 0 fully saturated rings. The summed E-state index contributed by atoms with van der Waals surface area (Å²) in [5.74, 6) is 0.772. The first kappa shape index (κ1) is 18.9. The van der Waals surface area contributed by atoms with Gasteiger partial charge in [0, 0.05) is 23.5 Å². The van der Waals surface area contributed by atoms with E-state index in [0.29, 0.717) is 29.4 Å². The van der Waals surface area contributed by atoms with E-state index in [-0.39, 0.29) is 5.63 Å². The Kier molecular flexibility index (Phi) is 4.81. The molecule has 30 heavy (non-hydrogen) atoms. The summed E-state index contributed by atoms with van der Waals surface area (Å²) >= 11 is 6.00. The molecule has 5 heteroatoms. The quantitative estimate of drug-likeness (QED) is 0.396. The van der Waals surface area contributed by atoms with Gasteiger partial charge in [0.1, 0.15) is 18.1 Å². The summed E-state index contributed by atoms with van der Waals surface area (Å²) in [7, 11) is 0. The fraction of sp³-hybridized carbons (Fsp3) is 0.160. The molecule has 0 atom stereocenters. The lowest BCUT2D eigenvalue weighted by molar-refractivity contribution is 0.0890. The first-order valence-electron chi connectivity index (χ1n) is 9.84. The van der Waals surface area contributed by atoms with Gasteiger partial charge in [0.05, 0.1) is 11.1 Å². The Labute approximate surface area is 179 Å². The predicted octanol–water partition coefficient (Wildman–Crippen LogP) is 5.77. The molecule has 0 N–H and O–H groups in total. The average Bonchev–Trinajstić information content (AvgIpc) is 2.76. The third-order valence-corrected chi connectivity index (χ3v) is 5.81. The lowest BCUT2D eigenvalue weighted by atomic mass is 9.97. The number of fused-ring (bicyclic) bond motifs is 3. The maximum Gasteiger partial charge on any atom is 0.344 e. The van der Waals surface area contributed by atoms with Gasteiger partial charge in [-0.2, -0.15) is 0 Å². The van der Waals surface area contributed by atoms with Crippen molar-refractivity contribution in [2.75, 3.05) is 6.73 Å². The number of benzene rings is 3. The fourth-order valence-corrected chi connectivity index (χ4v) is 4.19. The Balaban J connectivity index is 1.58. The highest BCUT2D eigenvalue weighted by Gasteiger charge is 2.23. The van der Waals surface area contributed by atoms with Crippen LogP contribution in [-0.4, -0.2) is 11.6 Å². The normalized spacial score (nSPS) is 13.8. The van der Waals surface area contributed by atoms with Crippen molar-refractivity contribution in [2.45, 2.75) is 20.0 Å². The minimum Gasteiger partial charge on any atom is -0.478 e. The van der Waals surface area contributed by atoms with E-state index >= 15 is 0 Å². The van der Waals surface area contributed by atoms with Crippen LogP contribution in [0.4, 0.5) is 0 Å². The molecule has 0 amide bonds. The predicted molar refractivity (Wildman–Crippen MR) is 119 cm³/mol. The van der Waals surface area contributed by atoms with Crippen LogP contribution < -0.4 is 10.4 Å². The van der Waals surface area contributed by atoms with Crippen LogP contribution in [0.25, 0.3) is 22.1 Å². The molecule has 4 aromatic rings. The summed E-state index contributed by atoms with van der Waals surface area (Å²) in [5.41, 5.74) is 4.64. The van der Waals surface area contributed by atoms with Crippen molar-refractivity contribution in [3.05, 3.63) is 98.9 Å². The number of ether oxygens (including phenoxy) is 1. The van der Waals surface area contributed by atoms with E-state index in [1.54, 1.807) is 12.1 Å². The van der Waals surface area contributed by atoms with Gasteiger partial charge in [0.15, 0.2) is 0 Å². The number of nitrogens with zero attached hydrogens (tertiary/aromatic N) is 1. The van der Waals surface area contributed by atoms with Crippen molar-refractivity contribution in [3.8, 4) is 16.9 Å². The first-order valence-corrected chi connectivity index (χ1v) is 10.2. The molecule has 0 unspecified atom stereocenters. The van der Waals surface area contributed by atoms with E-state index in [1.165, 1.54) is 5.56 Å². The zero-order valence-corrected chi connectivity index (χ0v) is 17.3. The van der Waals surface area contributed by atoms with Gasteiger partial charge in [-0.15, -0.1) is 0 Å². The highest BCUT2D eigenvalue weighted by molar-refractivity contribution is 6.30. The minimum atomic E-state index is -0.351. The van der Waals surface area contributed by atoms with Crippen molar-refractivity contribution in [1.29, 1.82) is 0 Å². The molecule has 5 rings (SSSR count). The Morgan fingerprint density at radius 1 is 1.00 bits per heavy atom. The minimum absolute atomic E-state index is 0.351. The number of aryl methyl sites for hydroxylation is 1. The third kappa shape index (κ3) is 3.38. The molecule has 0 saturated heterocycles. The van der Waals surface area contributed by atoms with E-state index in [9.17, 15) is 4.79 Å². The summed E-state index contributed by atoms with van der Waals surface area (Å²) in [6, 6.07) is 21.5. The number of rotatable bonds is 3. The zero-order chi connectivity index (χ0) is 20.7. The second-order valence-electron chi connectivity index (χ2n) is 7.56. The highest BCUT2D eigenvalue weighted by atomic mass is 35.5. The third-order valence-electron chi connectivity index (χ3n) is 5.56. The molecule has 1 aliphatic rings. The van der Waals surface area contributed by atoms with Crippen LogP contribution in [0, 0.1) is 6.92 Å². The van der Waals surface area contributed by atoms with Crippen LogP contribution in [-0.2, 0) is 13.1 Å². The van der Waals surface area contributed by atoms with Gasteiger partial charge in [-0.1, -0.05) is 54.1 Å². The van der Waals surface area contributed by atoms with Gasteiger partial charge < -0.3 is 9.15 Å². The van der Waals surface area contributed by atoms with Gasteiger partial charge in [0.25, 0.3) is 0 Å². The van der Waals surface area contributed by atoms with Gasteiger partial charge in [-0.05, 0) is 47.9 Å². The Morgan fingerprint density at radius 2 is 1.77 bits per heavy atom. The maximum absolute atomic E-state index is 12.9. The van der Waals surface area contributed by atoms with E-state index < -0.39 is 0 Å². The topological polar surface area (TPSA) is 42.7 Å². The van der Waals surface area contributed by atoms with Gasteiger partial charge in [0.2, 0.25) is 0 Å². The van der Waals surface area contributed by atoms with Gasteiger partial charge in [-0.3, -0.25) is 4.90 Å². The van der Waals surface area contributed by atoms with E-state index in [2.05, 4.69) is 17.0 Å². The molecule has 1 aliphatic heterocycles. The molecule has 1 aromatic heterocycles. The summed E-state index contributed by atoms with van der Waals surface area (Å²) < 4.78 is 11.8. The van der Waals surface area contributed by atoms with Crippen LogP contribution in [0.3, 0.4) is 0 Å². The molecule has 4 nitrogen and oxygen atoms in total. The highest BCUT2D eigenvalue weighted by Crippen LogP contribution is 2.36. The molecule has 2 heterocycles. The monoisotopic (exact) mass is 417 g/mol. The molecular weight excluding hydrogens is 398 g/mol. The molecule has 0 aliphatic carbocycles. The van der Waals surface area contributed by atoms with Crippen molar-refractivity contribution < 1.29 is 9.15 Å². The van der Waals surface area contributed by atoms with Crippen LogP contribution in [0.1, 0.15) is 16.7 Å². The molecule has 0 spiro atoms. The van der Waals surface area contributed by atoms with E-state index in [1.807, 2.05) is 49.4 Å². The second-order valence-corrected chi connectivity index (χ2v) is 8.00. The SMILES string of the molecule is Cc1c(-c2ccc(Cl)cc2)c(=O)oc2c3c(ccc12)OCN(Cc1ccccc1)C3. The number of halogens is 1. The van der Waals surface area contributed by atoms with Crippen LogP contribution in [0.2, 0.25) is 5.02 Å². The summed E-state index contributed by atoms with van der Waals surface area (Å²) in [6.45, 7) is 3.88. The van der Waals surface area contributed by atoms with E-state index in [0.717, 1.165) is 34.4 Å². The summed E-state index contributed by atoms with van der Waals surface area (Å²) in [4.78, 5) is 15.1.